The average molecular weight is 491 g/mol. The Morgan fingerprint density at radius 2 is 1.16 bits per heavy atom. The van der Waals surface area contributed by atoms with Gasteiger partial charge in [-0.2, -0.15) is 0 Å². The molecule has 0 bridgehead atoms. The normalized spacial score (nSPS) is 10.6. The van der Waals surface area contributed by atoms with Gasteiger partial charge in [0.1, 0.15) is 0 Å². The van der Waals surface area contributed by atoms with Crippen LogP contribution in [0.25, 0.3) is 0 Å². The molecule has 0 aromatic heterocycles. The van der Waals surface area contributed by atoms with Gasteiger partial charge in [0, 0.05) is 0 Å². The fraction of sp³-hybridized carbons (Fsp3) is 1.00. The van der Waals surface area contributed by atoms with Crippen molar-refractivity contribution in [2.45, 2.75) is 39.9 Å². The third-order valence-corrected chi connectivity index (χ3v) is 3.07. The maximum atomic E-state index is 8.63. The Balaban J connectivity index is -0.0000000717. The summed E-state index contributed by atoms with van der Waals surface area (Å²) in [5, 5.41) is 0. The first-order valence-corrected chi connectivity index (χ1v) is 11.1. The zero-order valence-electron chi connectivity index (χ0n) is 12.3. The van der Waals surface area contributed by atoms with Crippen molar-refractivity contribution in [2.24, 2.45) is 0 Å². The van der Waals surface area contributed by atoms with Gasteiger partial charge in [-0.3, -0.25) is 0 Å². The van der Waals surface area contributed by atoms with Crippen LogP contribution in [0.4, 0.5) is 0 Å². The van der Waals surface area contributed by atoms with E-state index in [9.17, 15) is 0 Å². The molecular formula is C6H14K3MoO6PS2. The van der Waals surface area contributed by atoms with Gasteiger partial charge in [0.2, 0.25) is 0 Å². The Morgan fingerprint density at radius 1 is 1.00 bits per heavy atom. The third-order valence-electron chi connectivity index (χ3n) is 0.680. The van der Waals surface area contributed by atoms with Crippen molar-refractivity contribution >= 4 is 29.7 Å². The molecule has 0 saturated carbocycles. The van der Waals surface area contributed by atoms with E-state index in [0.717, 1.165) is 0 Å². The minimum atomic E-state index is -6.02. The van der Waals surface area contributed by atoms with Gasteiger partial charge in [-0.1, -0.05) is 11.8 Å². The molecule has 0 rings (SSSR count). The molecule has 0 saturated heterocycles. The summed E-state index contributed by atoms with van der Waals surface area (Å²) in [5.41, 5.74) is -2.39. The van der Waals surface area contributed by atoms with Crippen molar-refractivity contribution in [1.82, 2.24) is 0 Å². The molecule has 0 atom stereocenters. The van der Waals surface area contributed by atoms with Gasteiger partial charge in [-0.05, 0) is 27.7 Å². The van der Waals surface area contributed by atoms with Crippen LogP contribution in [0.3, 0.4) is 0 Å². The molecule has 0 aromatic carbocycles. The Bertz CT molecular complexity index is 318. The van der Waals surface area contributed by atoms with Crippen LogP contribution in [-0.4, -0.2) is 12.2 Å². The number of hydrogen-bond donors (Lipinski definition) is 0. The van der Waals surface area contributed by atoms with E-state index in [0.29, 0.717) is 0 Å². The van der Waals surface area contributed by atoms with Crippen molar-refractivity contribution in [3.05, 3.63) is 0 Å². The second-order valence-corrected chi connectivity index (χ2v) is 10.1. The van der Waals surface area contributed by atoms with Gasteiger partial charge >= 0.3 is 185 Å². The summed E-state index contributed by atoms with van der Waals surface area (Å²) in [7, 11) is 0. The molecule has 0 spiro atoms. The van der Waals surface area contributed by atoms with Crippen LogP contribution in [0.1, 0.15) is 27.7 Å². The van der Waals surface area contributed by atoms with Crippen LogP contribution >= 0.6 is 5.69 Å². The first-order valence-electron chi connectivity index (χ1n) is 4.18. The van der Waals surface area contributed by atoms with Crippen LogP contribution in [0.5, 0.6) is 0 Å². The standard InChI is InChI=1S/C6H15O2PS2.3K.Mo.4O/c1-5(2)7-9(10,11)8-6(3)4;;;;;;;;/h5-6H,1-4H3,(H,10,11);;;;;;;;/q;3*+1;;;;2*-1/p-1. The minimum absolute atomic E-state index is 0. The molecule has 0 radical (unpaired) electrons. The molecule has 0 N–H and O–H groups in total. The van der Waals surface area contributed by atoms with E-state index in [1.165, 1.54) is 0 Å². The molecule has 0 unspecified atom stereocenters. The van der Waals surface area contributed by atoms with Crippen LogP contribution in [0.15, 0.2) is 0 Å². The summed E-state index contributed by atoms with van der Waals surface area (Å²) in [6.07, 6.45) is 0.106. The fourth-order valence-electron chi connectivity index (χ4n) is 0.541. The molecular weight excluding hydrogens is 476 g/mol. The summed E-state index contributed by atoms with van der Waals surface area (Å²) in [4.78, 5) is 0. The zero-order chi connectivity index (χ0) is 13.6. The van der Waals surface area contributed by atoms with Gasteiger partial charge in [-0.15, -0.1) is 0 Å². The summed E-state index contributed by atoms with van der Waals surface area (Å²) in [6, 6.07) is 0. The van der Waals surface area contributed by atoms with Crippen molar-refractivity contribution < 1.29 is 194 Å². The van der Waals surface area contributed by atoms with E-state index in [2.05, 4.69) is 0 Å². The van der Waals surface area contributed by atoms with Crippen LogP contribution in [-0.2, 0) is 56.6 Å². The molecule has 13 heteroatoms. The summed E-state index contributed by atoms with van der Waals surface area (Å²) in [6.45, 7) is 7.60. The maximum absolute atomic E-state index is 8.63. The van der Waals surface area contributed by atoms with Gasteiger partial charge in [0.15, 0.2) is 0 Å². The van der Waals surface area contributed by atoms with Crippen LogP contribution < -0.4 is 162 Å². The van der Waals surface area contributed by atoms with Crippen LogP contribution in [0, 0.1) is 0 Å². The second-order valence-electron chi connectivity index (χ2n) is 3.16. The third kappa shape index (κ3) is 45.4. The van der Waals surface area contributed by atoms with Crippen molar-refractivity contribution in [2.75, 3.05) is 0 Å². The SMILES string of the molecule is CC(C)OP(=S)([S-])OC(C)C.[K+].[K+].[K+].[O]=[Mo](=[O])([O-])[O-]. The van der Waals surface area contributed by atoms with E-state index in [-0.39, 0.29) is 166 Å². The second kappa shape index (κ2) is 18.8. The monoisotopic (exact) mass is 492 g/mol. The molecule has 0 amide bonds. The molecule has 100 valence electrons. The first kappa shape index (κ1) is 36.0. The fourth-order valence-corrected chi connectivity index (χ4v) is 3.69. The summed E-state index contributed by atoms with van der Waals surface area (Å²) >= 11 is 3.93. The Hall–Kier alpha value is 6.04. The Labute approximate surface area is 256 Å². The molecule has 19 heavy (non-hydrogen) atoms. The van der Waals surface area contributed by atoms with E-state index in [1.807, 2.05) is 27.7 Å². The quantitative estimate of drug-likeness (QED) is 0.218. The summed E-state index contributed by atoms with van der Waals surface area (Å²) in [5.74, 6) is 0. The van der Waals surface area contributed by atoms with Gasteiger partial charge in [0.25, 0.3) is 0 Å². The van der Waals surface area contributed by atoms with Crippen molar-refractivity contribution in [3.63, 3.8) is 0 Å². The number of rotatable bonds is 4. The molecule has 0 aliphatic heterocycles. The van der Waals surface area contributed by atoms with E-state index >= 15 is 0 Å². The van der Waals surface area contributed by atoms with Crippen LogP contribution in [0.2, 0.25) is 0 Å². The topological polar surface area (TPSA) is 98.7 Å². The van der Waals surface area contributed by atoms with Gasteiger partial charge in [0.05, 0.1) is 17.9 Å². The van der Waals surface area contributed by atoms with Crippen molar-refractivity contribution in [3.8, 4) is 0 Å². The molecule has 0 fully saturated rings. The zero-order valence-corrected chi connectivity index (χ0v) is 26.2. The predicted octanol–water partition coefficient (Wildman–Crippen LogP) is -9.00. The predicted molar refractivity (Wildman–Crippen MR) is 55.5 cm³/mol. The van der Waals surface area contributed by atoms with E-state index in [1.54, 1.807) is 0 Å². The Morgan fingerprint density at radius 3 is 1.26 bits per heavy atom. The summed E-state index contributed by atoms with van der Waals surface area (Å²) < 4.78 is 45.0. The molecule has 0 aliphatic carbocycles. The molecule has 0 aromatic rings. The Kier molecular flexibility index (Phi) is 35.7. The van der Waals surface area contributed by atoms with Crippen molar-refractivity contribution in [1.29, 1.82) is 0 Å². The van der Waals surface area contributed by atoms with E-state index in [4.69, 9.17) is 47.4 Å². The van der Waals surface area contributed by atoms with E-state index < -0.39 is 22.4 Å². The number of hydrogen-bond acceptors (Lipinski definition) is 8. The average Bonchev–Trinajstić information content (AvgIpc) is 1.72. The van der Waals surface area contributed by atoms with Gasteiger partial charge in [-0.25, -0.2) is 0 Å². The molecule has 6 nitrogen and oxygen atoms in total. The molecule has 0 aliphatic rings. The molecule has 0 heterocycles. The van der Waals surface area contributed by atoms with Gasteiger partial charge < -0.3 is 21.3 Å². The first-order chi connectivity index (χ1) is 6.83.